The van der Waals surface area contributed by atoms with Crippen molar-refractivity contribution in [1.82, 2.24) is 10.2 Å². The Morgan fingerprint density at radius 3 is 2.38 bits per heavy atom. The van der Waals surface area contributed by atoms with Crippen LogP contribution in [-0.4, -0.2) is 84.2 Å². The first-order chi connectivity index (χ1) is 22.5. The summed E-state index contributed by atoms with van der Waals surface area (Å²) in [4.78, 5) is 29.0. The van der Waals surface area contributed by atoms with Crippen molar-refractivity contribution < 1.29 is 52.3 Å². The van der Waals surface area contributed by atoms with Crippen LogP contribution in [0.4, 0.5) is 13.2 Å². The monoisotopic (exact) mass is 656 g/mol. The van der Waals surface area contributed by atoms with Gasteiger partial charge in [0.15, 0.2) is 11.5 Å². The number of ether oxygens (including phenoxy) is 3. The van der Waals surface area contributed by atoms with Crippen molar-refractivity contribution in [3.8, 4) is 17.2 Å². The van der Waals surface area contributed by atoms with Crippen molar-refractivity contribution in [3.63, 3.8) is 0 Å². The molecule has 2 aliphatic rings. The molecule has 4 unspecified atom stereocenters. The van der Waals surface area contributed by atoms with Crippen LogP contribution in [0.15, 0.2) is 72.3 Å². The normalized spacial score (nSPS) is 20.0. The first-order valence-corrected chi connectivity index (χ1v) is 14.9. The number of fused-ring (bicyclic) bond motifs is 3. The van der Waals surface area contributed by atoms with Crippen molar-refractivity contribution in [2.45, 2.75) is 43.4 Å². The van der Waals surface area contributed by atoms with Gasteiger partial charge in [0.25, 0.3) is 5.91 Å². The van der Waals surface area contributed by atoms with E-state index in [1.807, 2.05) is 6.07 Å². The number of halogens is 3. The number of amides is 2. The summed E-state index contributed by atoms with van der Waals surface area (Å²) >= 11 is 0. The molecule has 10 nitrogen and oxygen atoms in total. The molecule has 5 rings (SSSR count). The largest absolute Gasteiger partial charge is 0.497 e. The third-order valence-corrected chi connectivity index (χ3v) is 8.35. The molecule has 2 amide bonds. The summed E-state index contributed by atoms with van der Waals surface area (Å²) in [6.45, 7) is -0.743. The number of aliphatic hydroxyl groups is 3. The molecule has 0 bridgehead atoms. The molecule has 0 spiro atoms. The van der Waals surface area contributed by atoms with Crippen molar-refractivity contribution >= 4 is 11.8 Å². The second-order valence-corrected chi connectivity index (χ2v) is 11.2. The van der Waals surface area contributed by atoms with E-state index in [9.17, 15) is 38.1 Å². The van der Waals surface area contributed by atoms with Crippen LogP contribution < -0.4 is 19.5 Å². The zero-order valence-electron chi connectivity index (χ0n) is 25.7. The summed E-state index contributed by atoms with van der Waals surface area (Å²) < 4.78 is 56.9. The van der Waals surface area contributed by atoms with Crippen LogP contribution in [-0.2, 0) is 24.0 Å². The lowest BCUT2D eigenvalue weighted by atomic mass is 9.77. The van der Waals surface area contributed by atoms with Gasteiger partial charge < -0.3 is 39.7 Å². The van der Waals surface area contributed by atoms with Crippen LogP contribution in [0.1, 0.15) is 38.5 Å². The van der Waals surface area contributed by atoms with E-state index < -0.39 is 47.7 Å². The van der Waals surface area contributed by atoms with E-state index in [4.69, 9.17) is 14.2 Å². The molecule has 1 aliphatic carbocycles. The van der Waals surface area contributed by atoms with E-state index in [2.05, 4.69) is 5.32 Å². The smallest absolute Gasteiger partial charge is 0.416 e. The third kappa shape index (κ3) is 6.92. The van der Waals surface area contributed by atoms with Gasteiger partial charge in [-0.25, -0.2) is 0 Å². The molecule has 1 heterocycles. The van der Waals surface area contributed by atoms with E-state index >= 15 is 0 Å². The highest BCUT2D eigenvalue weighted by Gasteiger charge is 2.51. The number of aliphatic hydroxyl groups excluding tert-OH is 3. The number of nitrogens with zero attached hydrogens (tertiary/aromatic N) is 1. The van der Waals surface area contributed by atoms with Crippen LogP contribution in [0.3, 0.4) is 0 Å². The molecule has 0 saturated heterocycles. The molecule has 250 valence electrons. The molecular weight excluding hydrogens is 621 g/mol. The fraction of sp³-hybridized carbons (Fsp3) is 0.353. The maximum Gasteiger partial charge on any atom is 0.416 e. The number of methoxy groups -OCH3 is 2. The quantitative estimate of drug-likeness (QED) is 0.247. The molecule has 0 aromatic heterocycles. The lowest BCUT2D eigenvalue weighted by Gasteiger charge is -2.41. The Labute approximate surface area is 269 Å². The molecule has 3 aromatic carbocycles. The SMILES string of the molecule is COc1cccc(CCN(C(=O)c2ccc(C(F)(F)F)cc2)C2C=C(C(=O)NCCO)C3c4cc(CO)cc(OC)c4OC3C2O)c1. The van der Waals surface area contributed by atoms with Gasteiger partial charge in [0, 0.05) is 29.8 Å². The highest BCUT2D eigenvalue weighted by Crippen LogP contribution is 2.51. The average Bonchev–Trinajstić information content (AvgIpc) is 3.47. The number of hydrogen-bond donors (Lipinski definition) is 4. The van der Waals surface area contributed by atoms with Gasteiger partial charge in [-0.15, -0.1) is 0 Å². The minimum absolute atomic E-state index is 0.000887. The number of hydrogen-bond acceptors (Lipinski definition) is 8. The maximum atomic E-state index is 14.1. The highest BCUT2D eigenvalue weighted by molar-refractivity contribution is 5.97. The first-order valence-electron chi connectivity index (χ1n) is 14.9. The van der Waals surface area contributed by atoms with Gasteiger partial charge in [0.05, 0.1) is 45.0 Å². The topological polar surface area (TPSA) is 138 Å². The predicted octanol–water partition coefficient (Wildman–Crippen LogP) is 3.22. The minimum atomic E-state index is -4.60. The number of rotatable bonds is 11. The standard InChI is InChI=1S/C34H35F3N2O8/c1-45-23-5-3-4-19(14-23)10-12-39(33(44)21-6-8-22(9-7-21)34(35,36)37)26-17-25(32(43)38-11-13-40)28-24-15-20(18-41)16-27(46-2)30(24)47-31(28)29(26)42/h3-9,14-17,26,28-29,31,40-42H,10-13,18H2,1-2H3,(H,38,43). The summed E-state index contributed by atoms with van der Waals surface area (Å²) in [6, 6.07) is 13.0. The zero-order chi connectivity index (χ0) is 33.9. The number of nitrogens with one attached hydrogen (secondary N) is 1. The Morgan fingerprint density at radius 2 is 1.74 bits per heavy atom. The number of benzene rings is 3. The van der Waals surface area contributed by atoms with Crippen molar-refractivity contribution in [2.24, 2.45) is 0 Å². The number of alkyl halides is 3. The lowest BCUT2D eigenvalue weighted by molar-refractivity contribution is -0.137. The highest BCUT2D eigenvalue weighted by atomic mass is 19.4. The second-order valence-electron chi connectivity index (χ2n) is 11.2. The summed E-state index contributed by atoms with van der Waals surface area (Å²) in [5.74, 6) is -0.971. The summed E-state index contributed by atoms with van der Waals surface area (Å²) in [7, 11) is 2.93. The van der Waals surface area contributed by atoms with Gasteiger partial charge in [-0.1, -0.05) is 12.1 Å². The molecule has 47 heavy (non-hydrogen) atoms. The molecule has 4 atom stereocenters. The predicted molar refractivity (Wildman–Crippen MR) is 163 cm³/mol. The Hall–Kier alpha value is -4.59. The van der Waals surface area contributed by atoms with E-state index in [0.29, 0.717) is 16.9 Å². The van der Waals surface area contributed by atoms with Crippen molar-refractivity contribution in [1.29, 1.82) is 0 Å². The van der Waals surface area contributed by atoms with Gasteiger partial charge in [-0.3, -0.25) is 9.59 Å². The van der Waals surface area contributed by atoms with E-state index in [-0.39, 0.29) is 55.4 Å². The Bertz CT molecular complexity index is 1640. The Morgan fingerprint density at radius 1 is 1.00 bits per heavy atom. The molecular formula is C34H35F3N2O8. The minimum Gasteiger partial charge on any atom is -0.497 e. The molecule has 0 saturated carbocycles. The molecule has 1 aliphatic heterocycles. The summed E-state index contributed by atoms with van der Waals surface area (Å²) in [5, 5.41) is 33.8. The fourth-order valence-electron chi connectivity index (χ4n) is 6.05. The van der Waals surface area contributed by atoms with Crippen molar-refractivity contribution in [2.75, 3.05) is 33.9 Å². The third-order valence-electron chi connectivity index (χ3n) is 8.35. The average molecular weight is 657 g/mol. The van der Waals surface area contributed by atoms with Crippen LogP contribution in [0.5, 0.6) is 17.2 Å². The van der Waals surface area contributed by atoms with Crippen LogP contribution >= 0.6 is 0 Å². The fourth-order valence-corrected chi connectivity index (χ4v) is 6.05. The molecule has 3 aromatic rings. The van der Waals surface area contributed by atoms with E-state index in [1.165, 1.54) is 25.2 Å². The van der Waals surface area contributed by atoms with Gasteiger partial charge in [0.2, 0.25) is 5.91 Å². The first kappa shape index (κ1) is 33.8. The number of carbonyl (C=O) groups excluding carboxylic acids is 2. The zero-order valence-corrected chi connectivity index (χ0v) is 25.7. The van der Waals surface area contributed by atoms with Gasteiger partial charge in [0.1, 0.15) is 18.0 Å². The summed E-state index contributed by atoms with van der Waals surface area (Å²) in [6.07, 6.45) is -5.36. The Kier molecular flexibility index (Phi) is 10.1. The maximum absolute atomic E-state index is 14.1. The molecule has 13 heteroatoms. The van der Waals surface area contributed by atoms with Gasteiger partial charge >= 0.3 is 6.18 Å². The molecule has 0 fully saturated rings. The molecule has 4 N–H and O–H groups in total. The van der Waals surface area contributed by atoms with Crippen LogP contribution in [0.2, 0.25) is 0 Å². The van der Waals surface area contributed by atoms with Gasteiger partial charge in [-0.05, 0) is 72.2 Å². The number of carbonyl (C=O) groups is 2. The van der Waals surface area contributed by atoms with E-state index in [1.54, 1.807) is 30.3 Å². The van der Waals surface area contributed by atoms with Gasteiger partial charge in [-0.2, -0.15) is 13.2 Å². The van der Waals surface area contributed by atoms with Crippen LogP contribution in [0, 0.1) is 0 Å². The Balaban J connectivity index is 1.59. The second kappa shape index (κ2) is 14.0. The van der Waals surface area contributed by atoms with E-state index in [0.717, 1.165) is 29.8 Å². The molecule has 0 radical (unpaired) electrons. The van der Waals surface area contributed by atoms with Crippen molar-refractivity contribution in [3.05, 3.63) is 100 Å². The van der Waals surface area contributed by atoms with Crippen LogP contribution in [0.25, 0.3) is 0 Å². The lowest BCUT2D eigenvalue weighted by Crippen LogP contribution is -2.56. The summed E-state index contributed by atoms with van der Waals surface area (Å²) in [5.41, 5.74) is 0.915.